The van der Waals surface area contributed by atoms with Gasteiger partial charge in [0.2, 0.25) is 0 Å². The highest BCUT2D eigenvalue weighted by Gasteiger charge is 2.09. The summed E-state index contributed by atoms with van der Waals surface area (Å²) in [5.41, 5.74) is 3.08. The molecule has 0 bridgehead atoms. The lowest BCUT2D eigenvalue weighted by molar-refractivity contribution is 0.715. The van der Waals surface area contributed by atoms with Gasteiger partial charge < -0.3 is 4.90 Å². The van der Waals surface area contributed by atoms with Crippen LogP contribution in [0.2, 0.25) is 0 Å². The van der Waals surface area contributed by atoms with E-state index in [1.807, 2.05) is 30.3 Å². The minimum atomic E-state index is 0.768. The average Bonchev–Trinajstić information content (AvgIpc) is 2.52. The highest BCUT2D eigenvalue weighted by atomic mass is 15.1. The quantitative estimate of drug-likeness (QED) is 0.775. The number of hydrogen-bond acceptors (Lipinski definition) is 2. The molecular formula is C18H20N2. The fourth-order valence-electron chi connectivity index (χ4n) is 2.26. The van der Waals surface area contributed by atoms with E-state index in [-0.39, 0.29) is 0 Å². The zero-order valence-corrected chi connectivity index (χ0v) is 11.9. The van der Waals surface area contributed by atoms with Crippen LogP contribution in [0.15, 0.2) is 54.6 Å². The molecule has 0 N–H and O–H groups in total. The Morgan fingerprint density at radius 1 is 1.00 bits per heavy atom. The summed E-state index contributed by atoms with van der Waals surface area (Å²) < 4.78 is 0. The number of unbranched alkanes of at least 4 members (excludes halogenated alkanes) is 1. The number of anilines is 1. The molecule has 0 spiro atoms. The van der Waals surface area contributed by atoms with Crippen LogP contribution < -0.4 is 4.90 Å². The van der Waals surface area contributed by atoms with Gasteiger partial charge >= 0.3 is 0 Å². The first-order valence-electron chi connectivity index (χ1n) is 7.13. The first kappa shape index (κ1) is 14.1. The monoisotopic (exact) mass is 264 g/mol. The van der Waals surface area contributed by atoms with Crippen molar-refractivity contribution in [3.63, 3.8) is 0 Å². The van der Waals surface area contributed by atoms with Crippen molar-refractivity contribution in [2.75, 3.05) is 11.4 Å². The smallest absolute Gasteiger partial charge is 0.0995 e. The Balaban J connectivity index is 2.22. The Hall–Kier alpha value is -2.27. The molecule has 0 radical (unpaired) electrons. The molecule has 0 amide bonds. The molecular weight excluding hydrogens is 244 g/mol. The van der Waals surface area contributed by atoms with E-state index >= 15 is 0 Å². The molecule has 0 fully saturated rings. The lowest BCUT2D eigenvalue weighted by Crippen LogP contribution is -2.24. The van der Waals surface area contributed by atoms with Crippen LogP contribution in [0.1, 0.15) is 30.9 Å². The van der Waals surface area contributed by atoms with Crippen molar-refractivity contribution in [1.82, 2.24) is 0 Å². The Kier molecular flexibility index (Phi) is 5.20. The molecule has 2 nitrogen and oxygen atoms in total. The second-order valence-corrected chi connectivity index (χ2v) is 4.88. The molecule has 0 aliphatic heterocycles. The van der Waals surface area contributed by atoms with Crippen LogP contribution in [0.5, 0.6) is 0 Å². The fourth-order valence-corrected chi connectivity index (χ4v) is 2.26. The van der Waals surface area contributed by atoms with Gasteiger partial charge in [-0.15, -0.1) is 0 Å². The number of para-hydroxylation sites is 1. The maximum Gasteiger partial charge on any atom is 0.0995 e. The van der Waals surface area contributed by atoms with Crippen LogP contribution >= 0.6 is 0 Å². The van der Waals surface area contributed by atoms with E-state index in [4.69, 9.17) is 0 Å². The molecule has 2 heteroatoms. The Bertz CT molecular complexity index is 569. The van der Waals surface area contributed by atoms with Crippen molar-refractivity contribution in [2.45, 2.75) is 26.3 Å². The standard InChI is InChI=1S/C18H20N2/c1-2-3-13-20(18-11-5-4-6-12-18)15-17-10-8-7-9-16(17)14-19/h4-12H,2-3,13,15H2,1H3. The minimum Gasteiger partial charge on any atom is -0.367 e. The van der Waals surface area contributed by atoms with Gasteiger partial charge in [0.15, 0.2) is 0 Å². The summed E-state index contributed by atoms with van der Waals surface area (Å²) in [7, 11) is 0. The molecule has 0 saturated heterocycles. The van der Waals surface area contributed by atoms with E-state index in [0.717, 1.165) is 30.6 Å². The maximum absolute atomic E-state index is 9.21. The van der Waals surface area contributed by atoms with Crippen molar-refractivity contribution >= 4 is 5.69 Å². The summed E-state index contributed by atoms with van der Waals surface area (Å²) in [4.78, 5) is 2.35. The molecule has 0 aromatic heterocycles. The average molecular weight is 264 g/mol. The molecule has 2 aromatic carbocycles. The molecule has 0 heterocycles. The second kappa shape index (κ2) is 7.35. The molecule has 0 atom stereocenters. The predicted molar refractivity (Wildman–Crippen MR) is 83.6 cm³/mol. The van der Waals surface area contributed by atoms with Gasteiger partial charge in [-0.3, -0.25) is 0 Å². The molecule has 0 aliphatic rings. The number of benzene rings is 2. The Morgan fingerprint density at radius 3 is 2.40 bits per heavy atom. The van der Waals surface area contributed by atoms with Gasteiger partial charge in [-0.25, -0.2) is 0 Å². The largest absolute Gasteiger partial charge is 0.367 e. The molecule has 20 heavy (non-hydrogen) atoms. The van der Waals surface area contributed by atoms with Crippen LogP contribution in [-0.2, 0) is 6.54 Å². The highest BCUT2D eigenvalue weighted by Crippen LogP contribution is 2.19. The van der Waals surface area contributed by atoms with Gasteiger partial charge in [-0.2, -0.15) is 5.26 Å². The number of rotatable bonds is 6. The summed E-state index contributed by atoms with van der Waals surface area (Å²) in [6.45, 7) is 4.00. The SMILES string of the molecule is CCCCN(Cc1ccccc1C#N)c1ccccc1. The summed E-state index contributed by atoms with van der Waals surface area (Å²) in [6.07, 6.45) is 2.33. The molecule has 0 aliphatic carbocycles. The van der Waals surface area contributed by atoms with E-state index in [2.05, 4.69) is 42.2 Å². The van der Waals surface area contributed by atoms with Gasteiger partial charge in [-0.1, -0.05) is 49.7 Å². The van der Waals surface area contributed by atoms with Crippen molar-refractivity contribution in [2.24, 2.45) is 0 Å². The zero-order valence-electron chi connectivity index (χ0n) is 11.9. The topological polar surface area (TPSA) is 27.0 Å². The first-order chi connectivity index (χ1) is 9.85. The van der Waals surface area contributed by atoms with Crippen LogP contribution in [0.4, 0.5) is 5.69 Å². The molecule has 102 valence electrons. The van der Waals surface area contributed by atoms with Crippen LogP contribution in [0, 0.1) is 11.3 Å². The van der Waals surface area contributed by atoms with Crippen molar-refractivity contribution < 1.29 is 0 Å². The second-order valence-electron chi connectivity index (χ2n) is 4.88. The predicted octanol–water partition coefficient (Wildman–Crippen LogP) is 4.36. The van der Waals surface area contributed by atoms with E-state index < -0.39 is 0 Å². The molecule has 0 saturated carbocycles. The zero-order chi connectivity index (χ0) is 14.2. The van der Waals surface area contributed by atoms with E-state index in [1.165, 1.54) is 12.1 Å². The number of nitrogens with zero attached hydrogens (tertiary/aromatic N) is 2. The molecule has 2 aromatic rings. The van der Waals surface area contributed by atoms with Crippen LogP contribution in [-0.4, -0.2) is 6.54 Å². The number of nitriles is 1. The van der Waals surface area contributed by atoms with E-state index in [1.54, 1.807) is 0 Å². The van der Waals surface area contributed by atoms with E-state index in [0.29, 0.717) is 0 Å². The van der Waals surface area contributed by atoms with Crippen molar-refractivity contribution in [1.29, 1.82) is 5.26 Å². The lowest BCUT2D eigenvalue weighted by Gasteiger charge is -2.25. The maximum atomic E-state index is 9.21. The Morgan fingerprint density at radius 2 is 1.70 bits per heavy atom. The van der Waals surface area contributed by atoms with Gasteiger partial charge in [0.25, 0.3) is 0 Å². The van der Waals surface area contributed by atoms with Gasteiger partial charge in [0, 0.05) is 18.8 Å². The highest BCUT2D eigenvalue weighted by molar-refractivity contribution is 5.48. The minimum absolute atomic E-state index is 0.768. The van der Waals surface area contributed by atoms with Crippen molar-refractivity contribution in [3.8, 4) is 6.07 Å². The fraction of sp³-hybridized carbons (Fsp3) is 0.278. The summed E-state index contributed by atoms with van der Waals surface area (Å²) in [5.74, 6) is 0. The van der Waals surface area contributed by atoms with Gasteiger partial charge in [0.1, 0.15) is 0 Å². The molecule has 2 rings (SSSR count). The van der Waals surface area contributed by atoms with Gasteiger partial charge in [-0.05, 0) is 30.2 Å². The van der Waals surface area contributed by atoms with E-state index in [9.17, 15) is 5.26 Å². The number of hydrogen-bond donors (Lipinski definition) is 0. The Labute approximate surface area is 121 Å². The van der Waals surface area contributed by atoms with Crippen LogP contribution in [0.25, 0.3) is 0 Å². The van der Waals surface area contributed by atoms with Crippen molar-refractivity contribution in [3.05, 3.63) is 65.7 Å². The molecule has 0 unspecified atom stereocenters. The third-order valence-electron chi connectivity index (χ3n) is 3.40. The summed E-state index contributed by atoms with van der Waals surface area (Å²) in [5, 5.41) is 9.21. The third-order valence-corrected chi connectivity index (χ3v) is 3.40. The first-order valence-corrected chi connectivity index (χ1v) is 7.13. The summed E-state index contributed by atoms with van der Waals surface area (Å²) >= 11 is 0. The third kappa shape index (κ3) is 3.61. The van der Waals surface area contributed by atoms with Gasteiger partial charge in [0.05, 0.1) is 11.6 Å². The normalized spacial score (nSPS) is 10.0. The van der Waals surface area contributed by atoms with Crippen LogP contribution in [0.3, 0.4) is 0 Å². The summed E-state index contributed by atoms with van der Waals surface area (Å²) in [6, 6.07) is 20.5. The lowest BCUT2D eigenvalue weighted by atomic mass is 10.1.